The number of aromatic nitrogens is 2. The second-order valence-electron chi connectivity index (χ2n) is 8.15. The maximum Gasteiger partial charge on any atom is 0.501 e. The summed E-state index contributed by atoms with van der Waals surface area (Å²) in [6, 6.07) is 17.4. The Morgan fingerprint density at radius 1 is 1.00 bits per heavy atom. The molecule has 1 aromatic heterocycles. The van der Waals surface area contributed by atoms with Crippen LogP contribution >= 0.6 is 0 Å². The van der Waals surface area contributed by atoms with E-state index in [2.05, 4.69) is 10.2 Å². The van der Waals surface area contributed by atoms with E-state index in [4.69, 9.17) is 5.11 Å². The molecular weight excluding hydrogens is 505 g/mol. The number of aliphatic carboxylic acids is 1. The van der Waals surface area contributed by atoms with Crippen molar-refractivity contribution in [3.63, 3.8) is 0 Å². The van der Waals surface area contributed by atoms with Gasteiger partial charge in [-0.2, -0.15) is 18.3 Å². The van der Waals surface area contributed by atoms with Crippen LogP contribution in [-0.2, 0) is 14.6 Å². The minimum Gasteiger partial charge on any atom is -0.478 e. The number of alkyl halides is 3. The molecule has 0 bridgehead atoms. The molecule has 6 nitrogen and oxygen atoms in total. The van der Waals surface area contributed by atoms with Crippen molar-refractivity contribution in [3.8, 4) is 0 Å². The van der Waals surface area contributed by atoms with Gasteiger partial charge in [0, 0.05) is 11.5 Å². The van der Waals surface area contributed by atoms with Crippen molar-refractivity contribution in [3.05, 3.63) is 101 Å². The molecule has 1 heterocycles. The molecule has 3 aromatic carbocycles. The first kappa shape index (κ1) is 25.9. The molecule has 4 rings (SSSR count). The Kier molecular flexibility index (Phi) is 7.04. The van der Waals surface area contributed by atoms with Gasteiger partial charge in [0.1, 0.15) is 0 Å². The van der Waals surface area contributed by atoms with Crippen LogP contribution in [0.1, 0.15) is 35.6 Å². The maximum absolute atomic E-state index is 13.2. The number of halogens is 3. The Morgan fingerprint density at radius 3 is 2.35 bits per heavy atom. The number of fused-ring (bicyclic) bond motifs is 1. The lowest BCUT2D eigenvalue weighted by Crippen LogP contribution is -2.23. The Balaban J connectivity index is 1.95. The first-order valence-electron chi connectivity index (χ1n) is 11.1. The number of nitrogens with one attached hydrogen (secondary N) is 1. The van der Waals surface area contributed by atoms with Gasteiger partial charge in [-0.05, 0) is 70.2 Å². The smallest absolute Gasteiger partial charge is 0.478 e. The number of hydrogen-bond acceptors (Lipinski definition) is 4. The van der Waals surface area contributed by atoms with Crippen molar-refractivity contribution in [2.24, 2.45) is 0 Å². The minimum absolute atomic E-state index is 0.338. The SMILES string of the molecule is CCC(=C(c1ccc(C=CC(=O)O)cc1)c1ccc2[nH]ncc2c1)c1cccc(S(=O)(=O)C(F)(F)F)c1. The van der Waals surface area contributed by atoms with E-state index in [-0.39, 0.29) is 0 Å². The van der Waals surface area contributed by atoms with E-state index in [1.54, 1.807) is 36.5 Å². The molecule has 0 saturated heterocycles. The highest BCUT2D eigenvalue weighted by molar-refractivity contribution is 7.92. The van der Waals surface area contributed by atoms with Gasteiger partial charge < -0.3 is 5.11 Å². The van der Waals surface area contributed by atoms with Gasteiger partial charge in [-0.15, -0.1) is 0 Å². The molecule has 0 radical (unpaired) electrons. The Labute approximate surface area is 210 Å². The van der Waals surface area contributed by atoms with Crippen molar-refractivity contribution in [2.45, 2.75) is 23.7 Å². The Morgan fingerprint density at radius 2 is 1.70 bits per heavy atom. The summed E-state index contributed by atoms with van der Waals surface area (Å²) >= 11 is 0. The van der Waals surface area contributed by atoms with Gasteiger partial charge in [0.15, 0.2) is 0 Å². The predicted molar refractivity (Wildman–Crippen MR) is 135 cm³/mol. The molecule has 0 spiro atoms. The lowest BCUT2D eigenvalue weighted by molar-refractivity contribution is -0.131. The second-order valence-corrected chi connectivity index (χ2v) is 10.1. The maximum atomic E-state index is 13.2. The van der Waals surface area contributed by atoms with Crippen molar-refractivity contribution in [1.82, 2.24) is 10.2 Å². The fourth-order valence-electron chi connectivity index (χ4n) is 4.05. The highest BCUT2D eigenvalue weighted by Gasteiger charge is 2.46. The van der Waals surface area contributed by atoms with Crippen LogP contribution in [0.3, 0.4) is 0 Å². The van der Waals surface area contributed by atoms with E-state index < -0.39 is 26.2 Å². The van der Waals surface area contributed by atoms with Gasteiger partial charge in [-0.1, -0.05) is 49.4 Å². The summed E-state index contributed by atoms with van der Waals surface area (Å²) in [5.74, 6) is -1.08. The number of H-pyrrole nitrogens is 1. The Hall–Kier alpha value is -4.18. The molecule has 0 unspecified atom stereocenters. The van der Waals surface area contributed by atoms with Crippen molar-refractivity contribution in [1.29, 1.82) is 0 Å². The summed E-state index contributed by atoms with van der Waals surface area (Å²) in [6.07, 6.45) is 4.50. The first-order chi connectivity index (χ1) is 17.5. The number of allylic oxidation sites excluding steroid dienone is 1. The number of aromatic amines is 1. The van der Waals surface area contributed by atoms with E-state index in [0.29, 0.717) is 28.7 Å². The van der Waals surface area contributed by atoms with Gasteiger partial charge in [0.25, 0.3) is 9.84 Å². The molecule has 10 heteroatoms. The predicted octanol–water partition coefficient (Wildman–Crippen LogP) is 6.32. The van der Waals surface area contributed by atoms with E-state index >= 15 is 0 Å². The van der Waals surface area contributed by atoms with Crippen LogP contribution in [0.15, 0.2) is 83.9 Å². The van der Waals surface area contributed by atoms with Crippen LogP contribution < -0.4 is 0 Å². The van der Waals surface area contributed by atoms with E-state index in [0.717, 1.165) is 40.2 Å². The molecule has 0 aliphatic heterocycles. The molecule has 0 amide bonds. The first-order valence-corrected chi connectivity index (χ1v) is 12.6. The number of carboxylic acids is 1. The fourth-order valence-corrected chi connectivity index (χ4v) is 4.86. The molecule has 4 aromatic rings. The number of rotatable bonds is 7. The fraction of sp³-hybridized carbons (Fsp3) is 0.111. The van der Waals surface area contributed by atoms with Gasteiger partial charge in [-0.3, -0.25) is 5.10 Å². The average Bonchev–Trinajstić information content (AvgIpc) is 3.34. The van der Waals surface area contributed by atoms with Crippen molar-refractivity contribution >= 4 is 43.9 Å². The Bertz CT molecular complexity index is 1630. The molecule has 2 N–H and O–H groups in total. The third kappa shape index (κ3) is 5.34. The van der Waals surface area contributed by atoms with Crippen LogP contribution in [0.2, 0.25) is 0 Å². The summed E-state index contributed by atoms with van der Waals surface area (Å²) in [5, 5.41) is 16.6. The molecule has 0 saturated carbocycles. The van der Waals surface area contributed by atoms with Gasteiger partial charge in [0.2, 0.25) is 0 Å². The highest BCUT2D eigenvalue weighted by atomic mass is 32.2. The number of benzene rings is 3. The van der Waals surface area contributed by atoms with E-state index in [1.807, 2.05) is 25.1 Å². The van der Waals surface area contributed by atoms with Crippen LogP contribution in [-0.4, -0.2) is 35.2 Å². The number of sulfone groups is 1. The van der Waals surface area contributed by atoms with Crippen LogP contribution in [0.5, 0.6) is 0 Å². The molecule has 0 fully saturated rings. The monoisotopic (exact) mass is 526 g/mol. The molecule has 37 heavy (non-hydrogen) atoms. The van der Waals surface area contributed by atoms with Crippen LogP contribution in [0.4, 0.5) is 13.2 Å². The van der Waals surface area contributed by atoms with Crippen molar-refractivity contribution in [2.75, 3.05) is 0 Å². The van der Waals surface area contributed by atoms with E-state index in [9.17, 15) is 26.4 Å². The number of carbonyl (C=O) groups is 1. The number of carboxylic acid groups (broad SMARTS) is 1. The van der Waals surface area contributed by atoms with Gasteiger partial charge in [-0.25, -0.2) is 13.2 Å². The molecule has 0 atom stereocenters. The molecular formula is C27H21F3N2O4S. The molecule has 0 aliphatic rings. The summed E-state index contributed by atoms with van der Waals surface area (Å²) in [4.78, 5) is 10.0. The zero-order valence-corrected chi connectivity index (χ0v) is 20.3. The summed E-state index contributed by atoms with van der Waals surface area (Å²) in [6.45, 7) is 1.83. The van der Waals surface area contributed by atoms with Crippen molar-refractivity contribution < 1.29 is 31.5 Å². The van der Waals surface area contributed by atoms with Crippen LogP contribution in [0.25, 0.3) is 28.1 Å². The largest absolute Gasteiger partial charge is 0.501 e. The topological polar surface area (TPSA) is 100 Å². The third-order valence-corrected chi connectivity index (χ3v) is 7.28. The zero-order valence-electron chi connectivity index (χ0n) is 19.5. The number of nitrogens with zero attached hydrogens (tertiary/aromatic N) is 1. The quantitative estimate of drug-likeness (QED) is 0.217. The number of hydrogen-bond donors (Lipinski definition) is 2. The molecule has 0 aliphatic carbocycles. The lowest BCUT2D eigenvalue weighted by atomic mass is 9.87. The van der Waals surface area contributed by atoms with E-state index in [1.165, 1.54) is 12.1 Å². The zero-order chi connectivity index (χ0) is 26.8. The summed E-state index contributed by atoms with van der Waals surface area (Å²) in [7, 11) is -5.53. The van der Waals surface area contributed by atoms with Crippen LogP contribution in [0, 0.1) is 0 Å². The standard InChI is InChI=1S/C27H21F3N2O4S/c1-2-23(19-4-3-5-22(15-19)37(35,36)27(28,29)30)26(20-11-12-24-21(14-20)16-31-32-24)18-9-6-17(7-10-18)8-13-25(33)34/h3-16H,2H2,1H3,(H,31,32)(H,33,34). The summed E-state index contributed by atoms with van der Waals surface area (Å²) in [5.41, 5.74) is -0.835. The highest BCUT2D eigenvalue weighted by Crippen LogP contribution is 2.37. The van der Waals surface area contributed by atoms with Gasteiger partial charge >= 0.3 is 11.5 Å². The lowest BCUT2D eigenvalue weighted by Gasteiger charge is -2.18. The second kappa shape index (κ2) is 10.1. The third-order valence-electron chi connectivity index (χ3n) is 5.80. The van der Waals surface area contributed by atoms with Gasteiger partial charge in [0.05, 0.1) is 16.6 Å². The minimum atomic E-state index is -5.53. The summed E-state index contributed by atoms with van der Waals surface area (Å²) < 4.78 is 63.9. The normalized spacial score (nSPS) is 13.2. The molecule has 190 valence electrons. The average molecular weight is 527 g/mol.